The third-order valence-electron chi connectivity index (χ3n) is 3.48. The summed E-state index contributed by atoms with van der Waals surface area (Å²) in [7, 11) is -4.90. The second kappa shape index (κ2) is 23.1. The standard InChI is InChI=1S/C12H25O.C4H6O7S.2Na/c1-2-3-4-5-6-7-8-9-10-11-12-13;5-3(6)1-2(4(7)8)12(9,10)11;;/h2-12H2,1H3;2H,1H2,(H,5,6)(H,7,8)(H,9,10,11);;/q-1;;2*+1/p-1. The molecule has 0 aromatic carbocycles. The monoisotopic (exact) mass is 428 g/mol. The van der Waals surface area contributed by atoms with E-state index in [9.17, 15) is 28.2 Å². The maximum absolute atomic E-state index is 10.2. The molecule has 8 nitrogen and oxygen atoms in total. The van der Waals surface area contributed by atoms with Gasteiger partial charge in [0.15, 0.2) is 0 Å². The molecule has 0 aliphatic rings. The minimum atomic E-state index is -4.90. The summed E-state index contributed by atoms with van der Waals surface area (Å²) < 4.78 is 28.5. The van der Waals surface area contributed by atoms with E-state index in [4.69, 9.17) is 9.66 Å². The van der Waals surface area contributed by atoms with Gasteiger partial charge in [0.25, 0.3) is 10.1 Å². The Morgan fingerprint density at radius 1 is 0.889 bits per heavy atom. The van der Waals surface area contributed by atoms with Crippen molar-refractivity contribution < 1.29 is 97.0 Å². The number of carbonyl (C=O) groups excluding carboxylic acids is 1. The van der Waals surface area contributed by atoms with Crippen LogP contribution in [0.25, 0.3) is 0 Å². The van der Waals surface area contributed by atoms with Crippen molar-refractivity contribution in [3.63, 3.8) is 0 Å². The van der Waals surface area contributed by atoms with Crippen molar-refractivity contribution in [2.24, 2.45) is 0 Å². The van der Waals surface area contributed by atoms with Crippen LogP contribution in [0, 0.1) is 0 Å². The topological polar surface area (TPSA) is 155 Å². The predicted molar refractivity (Wildman–Crippen MR) is 89.3 cm³/mol. The first-order valence-electron chi connectivity index (χ1n) is 8.63. The molecule has 0 aliphatic carbocycles. The summed E-state index contributed by atoms with van der Waals surface area (Å²) in [5.41, 5.74) is 0. The van der Waals surface area contributed by atoms with Crippen LogP contribution in [0.15, 0.2) is 0 Å². The molecule has 0 rings (SSSR count). The van der Waals surface area contributed by atoms with Gasteiger partial charge in [-0.1, -0.05) is 71.1 Å². The maximum Gasteiger partial charge on any atom is 1.00 e. The van der Waals surface area contributed by atoms with Crippen molar-refractivity contribution in [1.29, 1.82) is 0 Å². The van der Waals surface area contributed by atoms with E-state index in [-0.39, 0.29) is 65.7 Å². The first-order valence-corrected chi connectivity index (χ1v) is 10.1. The summed E-state index contributed by atoms with van der Waals surface area (Å²) in [6.07, 6.45) is 11.8. The molecule has 0 aromatic heterocycles. The van der Waals surface area contributed by atoms with E-state index in [2.05, 4.69) is 6.92 Å². The van der Waals surface area contributed by atoms with Crippen LogP contribution in [0.1, 0.15) is 77.6 Å². The first-order chi connectivity index (χ1) is 11.7. The van der Waals surface area contributed by atoms with Gasteiger partial charge in [-0.2, -0.15) is 8.42 Å². The van der Waals surface area contributed by atoms with Gasteiger partial charge in [0.05, 0.1) is 12.4 Å². The van der Waals surface area contributed by atoms with E-state index in [1.165, 1.54) is 51.4 Å². The third kappa shape index (κ3) is 26.8. The zero-order valence-corrected chi connectivity index (χ0v) is 21.6. The van der Waals surface area contributed by atoms with Crippen molar-refractivity contribution in [2.75, 3.05) is 6.61 Å². The Morgan fingerprint density at radius 2 is 1.26 bits per heavy atom. The molecule has 0 aliphatic heterocycles. The van der Waals surface area contributed by atoms with Gasteiger partial charge in [0, 0.05) is 0 Å². The summed E-state index contributed by atoms with van der Waals surface area (Å²) in [5, 5.41) is 25.7. The Hall–Kier alpha value is 0.810. The average molecular weight is 428 g/mol. The molecule has 11 heteroatoms. The van der Waals surface area contributed by atoms with Crippen LogP contribution in [-0.2, 0) is 19.7 Å². The Bertz CT molecular complexity index is 447. The largest absolute Gasteiger partial charge is 1.00 e. The zero-order chi connectivity index (χ0) is 19.7. The van der Waals surface area contributed by atoms with Crippen molar-refractivity contribution in [3.8, 4) is 0 Å². The van der Waals surface area contributed by atoms with E-state index in [1.807, 2.05) is 0 Å². The van der Waals surface area contributed by atoms with Crippen LogP contribution in [-0.4, -0.2) is 41.9 Å². The number of rotatable bonds is 14. The summed E-state index contributed by atoms with van der Waals surface area (Å²) in [6.45, 7) is 2.37. The molecule has 150 valence electrons. The molecular formula is C16H30Na2O8S. The number of carboxylic acids is 2. The van der Waals surface area contributed by atoms with Crippen molar-refractivity contribution >= 4 is 22.1 Å². The van der Waals surface area contributed by atoms with Crippen LogP contribution in [0.3, 0.4) is 0 Å². The molecule has 1 unspecified atom stereocenters. The number of aliphatic carboxylic acids is 2. The molecule has 0 spiro atoms. The quantitative estimate of drug-likeness (QED) is 0.158. The molecule has 0 amide bonds. The van der Waals surface area contributed by atoms with Crippen molar-refractivity contribution in [1.82, 2.24) is 0 Å². The molecule has 0 aromatic rings. The van der Waals surface area contributed by atoms with E-state index in [0.717, 1.165) is 12.8 Å². The van der Waals surface area contributed by atoms with Crippen LogP contribution >= 0.6 is 0 Å². The van der Waals surface area contributed by atoms with Crippen LogP contribution in [0.2, 0.25) is 0 Å². The Kier molecular flexibility index (Phi) is 30.2. The molecule has 0 saturated heterocycles. The minimum Gasteiger partial charge on any atom is -0.854 e. The molecule has 0 heterocycles. The van der Waals surface area contributed by atoms with E-state index in [0.29, 0.717) is 0 Å². The maximum atomic E-state index is 10.2. The zero-order valence-electron chi connectivity index (χ0n) is 16.8. The molecule has 0 radical (unpaired) electrons. The fraction of sp³-hybridized carbons (Fsp3) is 0.875. The van der Waals surface area contributed by atoms with Crippen molar-refractivity contribution in [3.05, 3.63) is 0 Å². The minimum absolute atomic E-state index is 0. The van der Waals surface area contributed by atoms with Gasteiger partial charge < -0.3 is 20.1 Å². The summed E-state index contributed by atoms with van der Waals surface area (Å²) in [5.74, 6) is -3.79. The van der Waals surface area contributed by atoms with E-state index in [1.54, 1.807) is 0 Å². The van der Waals surface area contributed by atoms with Gasteiger partial charge in [-0.15, -0.1) is 6.61 Å². The van der Waals surface area contributed by atoms with Gasteiger partial charge in [-0.05, 0) is 0 Å². The first kappa shape index (κ1) is 35.3. The molecule has 1 atom stereocenters. The fourth-order valence-electron chi connectivity index (χ4n) is 2.06. The Morgan fingerprint density at radius 3 is 1.48 bits per heavy atom. The van der Waals surface area contributed by atoms with Crippen LogP contribution in [0.5, 0.6) is 0 Å². The molecule has 27 heavy (non-hydrogen) atoms. The Balaban J connectivity index is -0.000000183. The smallest absolute Gasteiger partial charge is 0.854 e. The third-order valence-corrected chi connectivity index (χ3v) is 4.56. The average Bonchev–Trinajstić information content (AvgIpc) is 2.50. The second-order valence-corrected chi connectivity index (χ2v) is 7.41. The second-order valence-electron chi connectivity index (χ2n) is 5.81. The number of hydrogen-bond donors (Lipinski definition) is 2. The van der Waals surface area contributed by atoms with E-state index >= 15 is 0 Å². The number of carbonyl (C=O) groups is 2. The van der Waals surface area contributed by atoms with E-state index < -0.39 is 33.7 Å². The van der Waals surface area contributed by atoms with Gasteiger partial charge in [0.1, 0.15) is 5.25 Å². The number of hydrogen-bond acceptors (Lipinski definition) is 6. The number of carboxylic acid groups (broad SMARTS) is 2. The van der Waals surface area contributed by atoms with Gasteiger partial charge in [-0.25, -0.2) is 0 Å². The van der Waals surface area contributed by atoms with Crippen LogP contribution in [0.4, 0.5) is 0 Å². The fourth-order valence-corrected chi connectivity index (χ4v) is 2.65. The number of unbranched alkanes of at least 4 members (excludes halogenated alkanes) is 9. The molecule has 0 fully saturated rings. The Labute approximate surface area is 206 Å². The molecule has 2 N–H and O–H groups in total. The van der Waals surface area contributed by atoms with Crippen molar-refractivity contribution in [2.45, 2.75) is 82.8 Å². The van der Waals surface area contributed by atoms with Crippen LogP contribution < -0.4 is 69.3 Å². The van der Waals surface area contributed by atoms with Gasteiger partial charge in [-0.3, -0.25) is 9.35 Å². The summed E-state index contributed by atoms with van der Waals surface area (Å²) in [4.78, 5) is 19.9. The van der Waals surface area contributed by atoms with Gasteiger partial charge >= 0.3 is 65.1 Å². The SMILES string of the molecule is CCCCCCCCCCCC[O-].O=C(O)CC(C(=O)[O-])S(=O)(=O)O.[Na+].[Na+]. The molecule has 0 bridgehead atoms. The molecule has 0 saturated carbocycles. The van der Waals surface area contributed by atoms with Gasteiger partial charge in [0.2, 0.25) is 0 Å². The summed E-state index contributed by atoms with van der Waals surface area (Å²) in [6, 6.07) is 0. The predicted octanol–water partition coefficient (Wildman–Crippen LogP) is -5.26. The summed E-state index contributed by atoms with van der Waals surface area (Å²) >= 11 is 0. The normalized spacial score (nSPS) is 11.2. The molecular weight excluding hydrogens is 398 g/mol.